The van der Waals surface area contributed by atoms with E-state index in [0.717, 1.165) is 24.8 Å². The van der Waals surface area contributed by atoms with Crippen molar-refractivity contribution in [3.8, 4) is 0 Å². The first-order chi connectivity index (χ1) is 6.33. The van der Waals surface area contributed by atoms with Crippen LogP contribution in [0.15, 0.2) is 0 Å². The summed E-state index contributed by atoms with van der Waals surface area (Å²) < 4.78 is 0. The number of carbonyl (C=O) groups excluding carboxylic acids is 1. The Hall–Kier alpha value is -0.220. The van der Waals surface area contributed by atoms with Gasteiger partial charge in [-0.3, -0.25) is 4.79 Å². The third kappa shape index (κ3) is 5.93. The molecule has 0 radical (unpaired) electrons. The molecule has 1 rings (SSSR count). The molecule has 1 saturated carbocycles. The van der Waals surface area contributed by atoms with E-state index in [1.165, 1.54) is 12.8 Å². The zero-order valence-electron chi connectivity index (χ0n) is 8.14. The van der Waals surface area contributed by atoms with Crippen molar-refractivity contribution in [3.63, 3.8) is 0 Å². The molecule has 0 aromatic heterocycles. The molecule has 0 aromatic rings. The fourth-order valence-electron chi connectivity index (χ4n) is 1.02. The second-order valence-corrected chi connectivity index (χ2v) is 4.40. The van der Waals surface area contributed by atoms with Crippen LogP contribution >= 0.6 is 11.8 Å². The minimum absolute atomic E-state index is 0.132. The number of thioether (sulfide) groups is 1. The van der Waals surface area contributed by atoms with Crippen LogP contribution in [0.4, 0.5) is 0 Å². The van der Waals surface area contributed by atoms with E-state index in [4.69, 9.17) is 0 Å². The average molecular weight is 202 g/mol. The summed E-state index contributed by atoms with van der Waals surface area (Å²) in [5, 5.41) is 6.01. The van der Waals surface area contributed by atoms with Crippen LogP contribution in [0.2, 0.25) is 0 Å². The summed E-state index contributed by atoms with van der Waals surface area (Å²) in [6, 6.07) is 0. The third-order valence-corrected chi connectivity index (χ3v) is 2.67. The van der Waals surface area contributed by atoms with Gasteiger partial charge in [0.05, 0.1) is 6.54 Å². The van der Waals surface area contributed by atoms with Gasteiger partial charge in [0.15, 0.2) is 0 Å². The molecule has 0 unspecified atom stereocenters. The molecule has 1 aliphatic rings. The van der Waals surface area contributed by atoms with E-state index in [0.29, 0.717) is 6.54 Å². The number of hydrogen-bond acceptors (Lipinski definition) is 3. The zero-order valence-corrected chi connectivity index (χ0v) is 8.95. The van der Waals surface area contributed by atoms with E-state index in [9.17, 15) is 4.79 Å². The van der Waals surface area contributed by atoms with E-state index >= 15 is 0 Å². The topological polar surface area (TPSA) is 41.1 Å². The molecule has 0 spiro atoms. The molecule has 1 aliphatic carbocycles. The highest BCUT2D eigenvalue weighted by atomic mass is 32.2. The van der Waals surface area contributed by atoms with Gasteiger partial charge in [-0.1, -0.05) is 0 Å². The van der Waals surface area contributed by atoms with E-state index in [2.05, 4.69) is 16.9 Å². The van der Waals surface area contributed by atoms with E-state index in [1.54, 1.807) is 11.8 Å². The van der Waals surface area contributed by atoms with Crippen LogP contribution in [-0.4, -0.2) is 37.6 Å². The minimum atomic E-state index is 0.132. The first-order valence-corrected chi connectivity index (χ1v) is 6.18. The molecule has 0 saturated heterocycles. The molecule has 3 nitrogen and oxygen atoms in total. The average Bonchev–Trinajstić information content (AvgIpc) is 2.92. The predicted molar refractivity (Wildman–Crippen MR) is 57.0 cm³/mol. The van der Waals surface area contributed by atoms with Gasteiger partial charge in [0.1, 0.15) is 0 Å². The molecule has 1 amide bonds. The normalized spacial score (nSPS) is 15.8. The van der Waals surface area contributed by atoms with Crippen molar-refractivity contribution in [2.45, 2.75) is 12.8 Å². The summed E-state index contributed by atoms with van der Waals surface area (Å²) in [7, 11) is 0. The van der Waals surface area contributed by atoms with Gasteiger partial charge in [-0.15, -0.1) is 0 Å². The van der Waals surface area contributed by atoms with Crippen LogP contribution in [0.1, 0.15) is 12.8 Å². The van der Waals surface area contributed by atoms with Gasteiger partial charge in [0.25, 0.3) is 0 Å². The molecule has 13 heavy (non-hydrogen) atoms. The maximum atomic E-state index is 11.2. The van der Waals surface area contributed by atoms with Crippen LogP contribution in [0.25, 0.3) is 0 Å². The number of carbonyl (C=O) groups is 1. The van der Waals surface area contributed by atoms with Crippen molar-refractivity contribution in [3.05, 3.63) is 0 Å². The largest absolute Gasteiger partial charge is 0.355 e. The number of amides is 1. The summed E-state index contributed by atoms with van der Waals surface area (Å²) in [5.41, 5.74) is 0. The Morgan fingerprint density at radius 1 is 1.54 bits per heavy atom. The highest BCUT2D eigenvalue weighted by Gasteiger charge is 2.21. The van der Waals surface area contributed by atoms with Gasteiger partial charge in [0, 0.05) is 18.8 Å². The minimum Gasteiger partial charge on any atom is -0.355 e. The Labute approximate surface area is 84.0 Å². The van der Waals surface area contributed by atoms with Crippen molar-refractivity contribution < 1.29 is 4.79 Å². The van der Waals surface area contributed by atoms with Crippen LogP contribution in [0, 0.1) is 5.92 Å². The summed E-state index contributed by atoms with van der Waals surface area (Å²) in [6.07, 6.45) is 4.65. The second-order valence-electron chi connectivity index (χ2n) is 3.42. The maximum Gasteiger partial charge on any atom is 0.233 e. The van der Waals surface area contributed by atoms with Gasteiger partial charge < -0.3 is 10.6 Å². The number of hydrogen-bond donors (Lipinski definition) is 2. The Kier molecular flexibility index (Phi) is 5.23. The maximum absolute atomic E-state index is 11.2. The fraction of sp³-hybridized carbons (Fsp3) is 0.889. The first-order valence-electron chi connectivity index (χ1n) is 4.79. The van der Waals surface area contributed by atoms with Crippen molar-refractivity contribution in [2.75, 3.05) is 31.6 Å². The van der Waals surface area contributed by atoms with Crippen molar-refractivity contribution in [2.24, 2.45) is 5.92 Å². The first kappa shape index (κ1) is 10.9. The van der Waals surface area contributed by atoms with Gasteiger partial charge in [-0.2, -0.15) is 11.8 Å². The van der Waals surface area contributed by atoms with Gasteiger partial charge in [-0.25, -0.2) is 0 Å². The quantitative estimate of drug-likeness (QED) is 0.590. The molecule has 0 aliphatic heterocycles. The number of nitrogens with one attached hydrogen (secondary N) is 2. The van der Waals surface area contributed by atoms with Gasteiger partial charge in [-0.05, 0) is 25.0 Å². The summed E-state index contributed by atoms with van der Waals surface area (Å²) >= 11 is 1.79. The van der Waals surface area contributed by atoms with Crippen LogP contribution in [0.3, 0.4) is 0 Å². The summed E-state index contributed by atoms with van der Waals surface area (Å²) in [6.45, 7) is 2.26. The second kappa shape index (κ2) is 6.27. The highest BCUT2D eigenvalue weighted by molar-refractivity contribution is 7.98. The molecular formula is C9H18N2OS. The lowest BCUT2D eigenvalue weighted by molar-refractivity contribution is -0.120. The predicted octanol–water partition coefficient (Wildman–Crippen LogP) is 0.465. The zero-order chi connectivity index (χ0) is 9.52. The van der Waals surface area contributed by atoms with E-state index < -0.39 is 0 Å². The Balaban J connectivity index is 1.84. The van der Waals surface area contributed by atoms with E-state index in [1.807, 2.05) is 0 Å². The lowest BCUT2D eigenvalue weighted by Crippen LogP contribution is -2.35. The van der Waals surface area contributed by atoms with Crippen LogP contribution < -0.4 is 10.6 Å². The molecule has 2 N–H and O–H groups in total. The molecule has 0 atom stereocenters. The standard InChI is InChI=1S/C9H18N2OS/c1-13-5-4-10-7-9(12)11-6-8-2-3-8/h8,10H,2-7H2,1H3,(H,11,12). The fourth-order valence-corrected chi connectivity index (χ4v) is 1.37. The molecule has 1 fully saturated rings. The monoisotopic (exact) mass is 202 g/mol. The Morgan fingerprint density at radius 3 is 2.92 bits per heavy atom. The Bertz CT molecular complexity index is 160. The van der Waals surface area contributed by atoms with Gasteiger partial charge >= 0.3 is 0 Å². The Morgan fingerprint density at radius 2 is 2.31 bits per heavy atom. The lowest BCUT2D eigenvalue weighted by Gasteiger charge is -2.04. The van der Waals surface area contributed by atoms with Gasteiger partial charge in [0.2, 0.25) is 5.91 Å². The van der Waals surface area contributed by atoms with Crippen LogP contribution in [-0.2, 0) is 4.79 Å². The van der Waals surface area contributed by atoms with Crippen molar-refractivity contribution in [1.82, 2.24) is 10.6 Å². The summed E-state index contributed by atoms with van der Waals surface area (Å²) in [4.78, 5) is 11.2. The third-order valence-electron chi connectivity index (χ3n) is 2.05. The molecule has 0 bridgehead atoms. The molecule has 0 aromatic carbocycles. The molecule has 76 valence electrons. The summed E-state index contributed by atoms with van der Waals surface area (Å²) in [5.74, 6) is 1.97. The van der Waals surface area contributed by atoms with Crippen LogP contribution in [0.5, 0.6) is 0 Å². The smallest absolute Gasteiger partial charge is 0.233 e. The van der Waals surface area contributed by atoms with Crippen molar-refractivity contribution >= 4 is 17.7 Å². The molecule has 0 heterocycles. The molecule has 4 heteroatoms. The lowest BCUT2D eigenvalue weighted by atomic mass is 10.4. The number of rotatable bonds is 7. The highest BCUT2D eigenvalue weighted by Crippen LogP contribution is 2.27. The van der Waals surface area contributed by atoms with E-state index in [-0.39, 0.29) is 5.91 Å². The SMILES string of the molecule is CSCCNCC(=O)NCC1CC1. The molecular weight excluding hydrogens is 184 g/mol. The van der Waals surface area contributed by atoms with Crippen molar-refractivity contribution in [1.29, 1.82) is 0 Å².